The number of rotatable bonds is 47. The first kappa shape index (κ1) is 55.4. The van der Waals surface area contributed by atoms with Crippen LogP contribution in [0.15, 0.2) is 0 Å². The second-order valence-corrected chi connectivity index (χ2v) is 17.5. The molecule has 0 N–H and O–H groups in total. The van der Waals surface area contributed by atoms with E-state index in [1.807, 2.05) is 0 Å². The van der Waals surface area contributed by atoms with Crippen LogP contribution in [-0.2, 0) is 28.6 Å². The van der Waals surface area contributed by atoms with Gasteiger partial charge in [0.15, 0.2) is 6.10 Å². The van der Waals surface area contributed by atoms with Crippen LogP contribution >= 0.6 is 0 Å². The Bertz CT molecular complexity index is 844. The number of carbonyl (C=O) groups is 3. The Morgan fingerprint density at radius 2 is 0.474 bits per heavy atom. The Kier molecular flexibility index (Phi) is 45.8. The molecule has 0 aliphatic heterocycles. The minimum absolute atomic E-state index is 0.0632. The predicted molar refractivity (Wildman–Crippen MR) is 243 cm³/mol. The summed E-state index contributed by atoms with van der Waals surface area (Å²) in [5.41, 5.74) is 0. The molecule has 0 bridgehead atoms. The summed E-state index contributed by atoms with van der Waals surface area (Å²) in [7, 11) is 0. The fourth-order valence-corrected chi connectivity index (χ4v) is 7.74. The molecule has 0 aromatic heterocycles. The lowest BCUT2D eigenvalue weighted by molar-refractivity contribution is -0.167. The first-order valence-electron chi connectivity index (χ1n) is 25.5. The monoisotopic (exact) mass is 807 g/mol. The van der Waals surface area contributed by atoms with Crippen molar-refractivity contribution in [2.45, 2.75) is 297 Å². The van der Waals surface area contributed by atoms with E-state index in [1.165, 1.54) is 186 Å². The van der Waals surface area contributed by atoms with E-state index in [-0.39, 0.29) is 31.1 Å². The molecule has 0 saturated carbocycles. The Balaban J connectivity index is 4.10. The van der Waals surface area contributed by atoms with E-state index in [0.717, 1.165) is 64.2 Å². The summed E-state index contributed by atoms with van der Waals surface area (Å²) in [5, 5.41) is 0. The summed E-state index contributed by atoms with van der Waals surface area (Å²) in [6, 6.07) is 0. The highest BCUT2D eigenvalue weighted by atomic mass is 16.6. The van der Waals surface area contributed by atoms with Crippen molar-refractivity contribution in [3.05, 3.63) is 0 Å². The fourth-order valence-electron chi connectivity index (χ4n) is 7.74. The van der Waals surface area contributed by atoms with Crippen molar-refractivity contribution in [2.24, 2.45) is 0 Å². The normalized spacial score (nSPS) is 11.8. The third kappa shape index (κ3) is 45.3. The number of esters is 3. The van der Waals surface area contributed by atoms with Crippen LogP contribution in [0.3, 0.4) is 0 Å². The number of ether oxygens (including phenoxy) is 3. The highest BCUT2D eigenvalue weighted by molar-refractivity contribution is 5.71. The van der Waals surface area contributed by atoms with E-state index in [9.17, 15) is 14.4 Å². The lowest BCUT2D eigenvalue weighted by Gasteiger charge is -2.18. The molecule has 6 heteroatoms. The van der Waals surface area contributed by atoms with Gasteiger partial charge in [0.05, 0.1) is 0 Å². The van der Waals surface area contributed by atoms with Crippen LogP contribution < -0.4 is 0 Å². The Labute approximate surface area is 355 Å². The zero-order chi connectivity index (χ0) is 41.5. The topological polar surface area (TPSA) is 78.9 Å². The second kappa shape index (κ2) is 47.1. The molecule has 1 atom stereocenters. The molecule has 57 heavy (non-hydrogen) atoms. The molecule has 0 aromatic rings. The van der Waals surface area contributed by atoms with Crippen molar-refractivity contribution >= 4 is 17.9 Å². The van der Waals surface area contributed by atoms with Crippen molar-refractivity contribution in [3.63, 3.8) is 0 Å². The molecule has 0 heterocycles. The summed E-state index contributed by atoms with van der Waals surface area (Å²) in [6.45, 7) is 6.60. The van der Waals surface area contributed by atoms with Crippen LogP contribution in [0.5, 0.6) is 0 Å². The van der Waals surface area contributed by atoms with Crippen LogP contribution in [0.1, 0.15) is 290 Å². The van der Waals surface area contributed by atoms with Crippen molar-refractivity contribution in [1.82, 2.24) is 0 Å². The fraction of sp³-hybridized carbons (Fsp3) is 0.941. The van der Waals surface area contributed by atoms with E-state index >= 15 is 0 Å². The van der Waals surface area contributed by atoms with Gasteiger partial charge in [-0.2, -0.15) is 0 Å². The van der Waals surface area contributed by atoms with Gasteiger partial charge in [-0.25, -0.2) is 0 Å². The van der Waals surface area contributed by atoms with Crippen LogP contribution in [0.4, 0.5) is 0 Å². The van der Waals surface area contributed by atoms with Gasteiger partial charge in [0.1, 0.15) is 13.2 Å². The minimum Gasteiger partial charge on any atom is -0.462 e. The molecule has 0 saturated heterocycles. The van der Waals surface area contributed by atoms with Gasteiger partial charge < -0.3 is 14.2 Å². The summed E-state index contributed by atoms with van der Waals surface area (Å²) in [4.78, 5) is 37.6. The average molecular weight is 807 g/mol. The zero-order valence-corrected chi connectivity index (χ0v) is 38.6. The molecule has 0 aromatic carbocycles. The number of carbonyl (C=O) groups excluding carboxylic acids is 3. The van der Waals surface area contributed by atoms with E-state index < -0.39 is 6.10 Å². The third-order valence-corrected chi connectivity index (χ3v) is 11.6. The highest BCUT2D eigenvalue weighted by Gasteiger charge is 2.19. The Morgan fingerprint density at radius 1 is 0.281 bits per heavy atom. The molecular weight excluding hydrogens is 709 g/mol. The molecule has 0 fully saturated rings. The smallest absolute Gasteiger partial charge is 0.306 e. The maximum atomic E-state index is 12.7. The van der Waals surface area contributed by atoms with E-state index in [4.69, 9.17) is 14.2 Å². The van der Waals surface area contributed by atoms with Gasteiger partial charge in [-0.3, -0.25) is 14.4 Å². The minimum atomic E-state index is -0.758. The Hall–Kier alpha value is -1.59. The first-order valence-corrected chi connectivity index (χ1v) is 25.5. The lowest BCUT2D eigenvalue weighted by atomic mass is 10.0. The second-order valence-electron chi connectivity index (χ2n) is 17.5. The molecule has 0 aliphatic rings. The predicted octanol–water partition coefficient (Wildman–Crippen LogP) is 16.4. The number of hydrogen-bond acceptors (Lipinski definition) is 6. The average Bonchev–Trinajstić information content (AvgIpc) is 3.21. The molecule has 0 unspecified atom stereocenters. The van der Waals surface area contributed by atoms with Crippen molar-refractivity contribution in [3.8, 4) is 0 Å². The molecule has 0 spiro atoms. The van der Waals surface area contributed by atoms with Crippen molar-refractivity contribution in [2.75, 3.05) is 13.2 Å². The number of hydrogen-bond donors (Lipinski definition) is 0. The molecule has 0 radical (unpaired) electrons. The highest BCUT2D eigenvalue weighted by Crippen LogP contribution is 2.17. The van der Waals surface area contributed by atoms with Crippen LogP contribution in [0, 0.1) is 0 Å². The zero-order valence-electron chi connectivity index (χ0n) is 38.6. The largest absolute Gasteiger partial charge is 0.462 e. The van der Waals surface area contributed by atoms with Gasteiger partial charge in [-0.05, 0) is 19.3 Å². The van der Waals surface area contributed by atoms with E-state index in [2.05, 4.69) is 20.8 Å². The molecule has 0 amide bonds. The SMILES string of the molecule is CCCCCCCCCCCCCCCCCCCCCC(=O)O[C@H](COC(=O)CCCCCCC)COC(=O)CCCCCCCCCCCCCCCCC. The van der Waals surface area contributed by atoms with Gasteiger partial charge in [0.2, 0.25) is 0 Å². The van der Waals surface area contributed by atoms with Crippen LogP contribution in [-0.4, -0.2) is 37.2 Å². The third-order valence-electron chi connectivity index (χ3n) is 11.6. The van der Waals surface area contributed by atoms with Crippen LogP contribution in [0.2, 0.25) is 0 Å². The van der Waals surface area contributed by atoms with Gasteiger partial charge >= 0.3 is 17.9 Å². The molecular formula is C51H98O6. The molecule has 0 aliphatic carbocycles. The summed E-state index contributed by atoms with van der Waals surface area (Å²) in [5.74, 6) is -0.858. The van der Waals surface area contributed by atoms with Crippen LogP contribution in [0.25, 0.3) is 0 Å². The Morgan fingerprint density at radius 3 is 0.702 bits per heavy atom. The maximum Gasteiger partial charge on any atom is 0.306 e. The lowest BCUT2D eigenvalue weighted by Crippen LogP contribution is -2.30. The molecule has 338 valence electrons. The van der Waals surface area contributed by atoms with Gasteiger partial charge in [-0.1, -0.05) is 252 Å². The van der Waals surface area contributed by atoms with Gasteiger partial charge in [0.25, 0.3) is 0 Å². The molecule has 0 rings (SSSR count). The summed E-state index contributed by atoms with van der Waals surface area (Å²) >= 11 is 0. The van der Waals surface area contributed by atoms with Gasteiger partial charge in [0, 0.05) is 19.3 Å². The van der Waals surface area contributed by atoms with Crippen molar-refractivity contribution < 1.29 is 28.6 Å². The maximum absolute atomic E-state index is 12.7. The first-order chi connectivity index (χ1) is 28.0. The summed E-state index contributed by atoms with van der Waals surface area (Å²) < 4.78 is 16.7. The summed E-state index contributed by atoms with van der Waals surface area (Å²) in [6.07, 6.45) is 49.8. The van der Waals surface area contributed by atoms with Crippen molar-refractivity contribution in [1.29, 1.82) is 0 Å². The van der Waals surface area contributed by atoms with E-state index in [1.54, 1.807) is 0 Å². The molecule has 6 nitrogen and oxygen atoms in total. The van der Waals surface area contributed by atoms with Gasteiger partial charge in [-0.15, -0.1) is 0 Å². The quantitative estimate of drug-likeness (QED) is 0.0346. The van der Waals surface area contributed by atoms with E-state index in [0.29, 0.717) is 19.3 Å². The number of unbranched alkanes of at least 4 members (excludes halogenated alkanes) is 36. The standard InChI is InChI=1S/C51H98O6/c1-4-7-10-13-15-17-19-21-23-24-25-26-28-30-32-34-36-39-42-45-51(54)57-48(46-55-49(52)43-40-37-12-9-6-3)47-56-50(53)44-41-38-35-33-31-29-27-22-20-18-16-14-11-8-5-2/h48H,4-47H2,1-3H3/t48-/m1/s1.